The molecule has 1 aliphatic heterocycles. The van der Waals surface area contributed by atoms with Crippen molar-refractivity contribution in [3.63, 3.8) is 0 Å². The van der Waals surface area contributed by atoms with Crippen molar-refractivity contribution in [2.75, 3.05) is 37.9 Å². The van der Waals surface area contributed by atoms with Crippen molar-refractivity contribution in [1.82, 2.24) is 0 Å². The summed E-state index contributed by atoms with van der Waals surface area (Å²) in [5, 5.41) is 13.1. The number of nitrogens with one attached hydrogen (secondary N) is 1. The molecule has 2 unspecified atom stereocenters. The molecule has 20 heavy (non-hydrogen) atoms. The van der Waals surface area contributed by atoms with Gasteiger partial charge in [0, 0.05) is 23.7 Å². The molecule has 1 aliphatic rings. The van der Waals surface area contributed by atoms with Crippen LogP contribution in [0.2, 0.25) is 0 Å². The molecule has 2 rings (SSSR count). The van der Waals surface area contributed by atoms with Gasteiger partial charge in [0.25, 0.3) is 0 Å². The first kappa shape index (κ1) is 15.6. The zero-order valence-electron chi connectivity index (χ0n) is 11.9. The van der Waals surface area contributed by atoms with Gasteiger partial charge in [-0.15, -0.1) is 11.8 Å². The number of thioether (sulfide) groups is 1. The molecule has 2 atom stereocenters. The SMILES string of the molecule is CSc1ccc(NCC(O)COCC2CCCO2)cc1. The summed E-state index contributed by atoms with van der Waals surface area (Å²) in [6.07, 6.45) is 3.95. The summed E-state index contributed by atoms with van der Waals surface area (Å²) in [7, 11) is 0. The molecule has 0 bridgehead atoms. The highest BCUT2D eigenvalue weighted by molar-refractivity contribution is 7.98. The highest BCUT2D eigenvalue weighted by atomic mass is 32.2. The number of benzene rings is 1. The van der Waals surface area contributed by atoms with E-state index in [1.54, 1.807) is 11.8 Å². The molecule has 0 saturated carbocycles. The number of aliphatic hydroxyl groups excluding tert-OH is 1. The van der Waals surface area contributed by atoms with Crippen molar-refractivity contribution in [2.24, 2.45) is 0 Å². The highest BCUT2D eigenvalue weighted by Crippen LogP contribution is 2.17. The van der Waals surface area contributed by atoms with E-state index in [-0.39, 0.29) is 6.10 Å². The van der Waals surface area contributed by atoms with Crippen molar-refractivity contribution >= 4 is 17.4 Å². The van der Waals surface area contributed by atoms with Crippen LogP contribution >= 0.6 is 11.8 Å². The fourth-order valence-electron chi connectivity index (χ4n) is 2.11. The van der Waals surface area contributed by atoms with E-state index in [4.69, 9.17) is 9.47 Å². The Bertz CT molecular complexity index is 379. The van der Waals surface area contributed by atoms with E-state index in [0.29, 0.717) is 19.8 Å². The van der Waals surface area contributed by atoms with E-state index in [9.17, 15) is 5.11 Å². The first-order valence-corrected chi connectivity index (χ1v) is 8.25. The van der Waals surface area contributed by atoms with Crippen LogP contribution in [-0.4, -0.2) is 49.9 Å². The van der Waals surface area contributed by atoms with Gasteiger partial charge in [0.2, 0.25) is 0 Å². The maximum Gasteiger partial charge on any atom is 0.0945 e. The van der Waals surface area contributed by atoms with Crippen molar-refractivity contribution in [2.45, 2.75) is 29.9 Å². The van der Waals surface area contributed by atoms with Crippen LogP contribution in [0.3, 0.4) is 0 Å². The summed E-state index contributed by atoms with van der Waals surface area (Å²) >= 11 is 1.72. The van der Waals surface area contributed by atoms with Crippen molar-refractivity contribution in [1.29, 1.82) is 0 Å². The second kappa shape index (κ2) is 8.52. The van der Waals surface area contributed by atoms with Crippen LogP contribution in [0.4, 0.5) is 5.69 Å². The lowest BCUT2D eigenvalue weighted by atomic mass is 10.2. The third kappa shape index (κ3) is 5.32. The molecule has 1 fully saturated rings. The molecular weight excluding hydrogens is 274 g/mol. The molecule has 4 nitrogen and oxygen atoms in total. The number of aliphatic hydroxyl groups is 1. The van der Waals surface area contributed by atoms with E-state index < -0.39 is 6.10 Å². The summed E-state index contributed by atoms with van der Waals surface area (Å²) < 4.78 is 10.9. The third-order valence-corrected chi connectivity index (χ3v) is 4.01. The Kier molecular flexibility index (Phi) is 6.66. The number of hydrogen-bond donors (Lipinski definition) is 2. The summed E-state index contributed by atoms with van der Waals surface area (Å²) in [6.45, 7) is 2.25. The molecule has 5 heteroatoms. The van der Waals surface area contributed by atoms with Gasteiger partial charge in [0.15, 0.2) is 0 Å². The Morgan fingerprint density at radius 3 is 2.90 bits per heavy atom. The Labute approximate surface area is 124 Å². The molecule has 0 aromatic heterocycles. The molecule has 1 heterocycles. The van der Waals surface area contributed by atoms with Gasteiger partial charge in [0.1, 0.15) is 0 Å². The van der Waals surface area contributed by atoms with E-state index in [2.05, 4.69) is 23.7 Å². The summed E-state index contributed by atoms with van der Waals surface area (Å²) in [5.74, 6) is 0. The molecule has 1 aromatic carbocycles. The number of hydrogen-bond acceptors (Lipinski definition) is 5. The highest BCUT2D eigenvalue weighted by Gasteiger charge is 2.16. The van der Waals surface area contributed by atoms with Crippen molar-refractivity contribution in [3.8, 4) is 0 Å². The monoisotopic (exact) mass is 297 g/mol. The van der Waals surface area contributed by atoms with Crippen molar-refractivity contribution < 1.29 is 14.6 Å². The van der Waals surface area contributed by atoms with E-state index >= 15 is 0 Å². The molecule has 0 aliphatic carbocycles. The Morgan fingerprint density at radius 2 is 2.25 bits per heavy atom. The lowest BCUT2D eigenvalue weighted by Crippen LogP contribution is -2.27. The average Bonchev–Trinajstić information content (AvgIpc) is 2.99. The van der Waals surface area contributed by atoms with E-state index in [1.807, 2.05) is 12.1 Å². The number of rotatable bonds is 8. The van der Waals surface area contributed by atoms with Crippen LogP contribution in [0, 0.1) is 0 Å². The van der Waals surface area contributed by atoms with Crippen LogP contribution in [0.25, 0.3) is 0 Å². The minimum Gasteiger partial charge on any atom is -0.389 e. The lowest BCUT2D eigenvalue weighted by molar-refractivity contribution is -0.0137. The van der Waals surface area contributed by atoms with Gasteiger partial charge in [-0.3, -0.25) is 0 Å². The fraction of sp³-hybridized carbons (Fsp3) is 0.600. The first-order chi connectivity index (χ1) is 9.78. The molecule has 0 spiro atoms. The quantitative estimate of drug-likeness (QED) is 0.722. The maximum atomic E-state index is 9.85. The largest absolute Gasteiger partial charge is 0.389 e. The molecule has 0 amide bonds. The normalized spacial score (nSPS) is 20.0. The fourth-order valence-corrected chi connectivity index (χ4v) is 2.52. The molecule has 112 valence electrons. The average molecular weight is 297 g/mol. The summed E-state index contributed by atoms with van der Waals surface area (Å²) in [6, 6.07) is 8.16. The van der Waals surface area contributed by atoms with Gasteiger partial charge in [-0.25, -0.2) is 0 Å². The van der Waals surface area contributed by atoms with Gasteiger partial charge in [0.05, 0.1) is 25.4 Å². The van der Waals surface area contributed by atoms with Crippen LogP contribution in [0.5, 0.6) is 0 Å². The molecule has 1 aromatic rings. The number of anilines is 1. The van der Waals surface area contributed by atoms with Gasteiger partial charge >= 0.3 is 0 Å². The van der Waals surface area contributed by atoms with Crippen LogP contribution in [0.15, 0.2) is 29.2 Å². The van der Waals surface area contributed by atoms with Gasteiger partial charge in [-0.05, 0) is 43.4 Å². The predicted octanol–water partition coefficient (Wildman–Crippen LogP) is 2.38. The Balaban J connectivity index is 1.59. The second-order valence-electron chi connectivity index (χ2n) is 4.94. The topological polar surface area (TPSA) is 50.7 Å². The standard InChI is InChI=1S/C15H23NO3S/c1-20-15-6-4-12(5-7-15)16-9-13(17)10-18-11-14-3-2-8-19-14/h4-7,13-14,16-17H,2-3,8-11H2,1H3. The lowest BCUT2D eigenvalue weighted by Gasteiger charge is -2.15. The van der Waals surface area contributed by atoms with Gasteiger partial charge in [-0.1, -0.05) is 0 Å². The van der Waals surface area contributed by atoms with Crippen LogP contribution < -0.4 is 5.32 Å². The predicted molar refractivity (Wildman–Crippen MR) is 82.5 cm³/mol. The number of ether oxygens (including phenoxy) is 2. The van der Waals surface area contributed by atoms with E-state index in [0.717, 1.165) is 25.1 Å². The van der Waals surface area contributed by atoms with Gasteiger partial charge in [-0.2, -0.15) is 0 Å². The second-order valence-corrected chi connectivity index (χ2v) is 5.82. The minimum atomic E-state index is -0.503. The van der Waals surface area contributed by atoms with Gasteiger partial charge < -0.3 is 19.9 Å². The van der Waals surface area contributed by atoms with Crippen LogP contribution in [-0.2, 0) is 9.47 Å². The van der Waals surface area contributed by atoms with Crippen molar-refractivity contribution in [3.05, 3.63) is 24.3 Å². The summed E-state index contributed by atoms with van der Waals surface area (Å²) in [5.41, 5.74) is 1.01. The van der Waals surface area contributed by atoms with E-state index in [1.165, 1.54) is 4.90 Å². The smallest absolute Gasteiger partial charge is 0.0945 e. The Morgan fingerprint density at radius 1 is 1.45 bits per heavy atom. The minimum absolute atomic E-state index is 0.217. The maximum absolute atomic E-state index is 9.85. The molecule has 1 saturated heterocycles. The third-order valence-electron chi connectivity index (χ3n) is 3.27. The zero-order valence-corrected chi connectivity index (χ0v) is 12.7. The molecular formula is C15H23NO3S. The molecule has 0 radical (unpaired) electrons. The first-order valence-electron chi connectivity index (χ1n) is 7.03. The van der Waals surface area contributed by atoms with Crippen LogP contribution in [0.1, 0.15) is 12.8 Å². The zero-order chi connectivity index (χ0) is 14.2. The molecule has 2 N–H and O–H groups in total. The summed E-state index contributed by atoms with van der Waals surface area (Å²) in [4.78, 5) is 1.23. The Hall–Kier alpha value is -0.750.